The Kier molecular flexibility index (Phi) is 3.12. The molecule has 22 heavy (non-hydrogen) atoms. The Morgan fingerprint density at radius 1 is 1.14 bits per heavy atom. The number of fused-ring (bicyclic) bond motifs is 1. The van der Waals surface area contributed by atoms with Crippen LogP contribution in [0, 0.1) is 0 Å². The molecule has 1 atom stereocenters. The number of nitrogens with zero attached hydrogens (tertiary/aromatic N) is 4. The van der Waals surface area contributed by atoms with E-state index in [0.29, 0.717) is 11.0 Å². The molecule has 0 spiro atoms. The van der Waals surface area contributed by atoms with E-state index in [2.05, 4.69) is 26.5 Å². The molecule has 0 saturated carbocycles. The van der Waals surface area contributed by atoms with Gasteiger partial charge in [0, 0.05) is 28.7 Å². The first kappa shape index (κ1) is 13.0. The van der Waals surface area contributed by atoms with Gasteiger partial charge in [-0.15, -0.1) is 0 Å². The number of pyridine rings is 1. The molecule has 0 amide bonds. The lowest BCUT2D eigenvalue weighted by Crippen LogP contribution is -2.20. The first-order valence-corrected chi connectivity index (χ1v) is 7.24. The standard InChI is InChI=1S/C16H12ClN5/c17-13-6-2-1-5-12(13)15-8-14(11-4-3-7-18-9-11)21-16-19-10-20-22(15)16/h1-10,15H,(H,19,20,21). The van der Waals surface area contributed by atoms with Crippen LogP contribution in [-0.2, 0) is 0 Å². The number of anilines is 1. The maximum absolute atomic E-state index is 6.36. The third kappa shape index (κ3) is 2.16. The van der Waals surface area contributed by atoms with Gasteiger partial charge < -0.3 is 5.32 Å². The average molecular weight is 310 g/mol. The lowest BCUT2D eigenvalue weighted by atomic mass is 10.0. The summed E-state index contributed by atoms with van der Waals surface area (Å²) < 4.78 is 1.82. The van der Waals surface area contributed by atoms with Crippen LogP contribution < -0.4 is 5.32 Å². The molecule has 1 aliphatic rings. The van der Waals surface area contributed by atoms with Gasteiger partial charge in [0.1, 0.15) is 12.4 Å². The summed E-state index contributed by atoms with van der Waals surface area (Å²) in [5.41, 5.74) is 2.92. The Balaban J connectivity index is 1.86. The van der Waals surface area contributed by atoms with Gasteiger partial charge >= 0.3 is 0 Å². The van der Waals surface area contributed by atoms with Gasteiger partial charge in [0.05, 0.1) is 0 Å². The molecule has 0 fully saturated rings. The van der Waals surface area contributed by atoms with Crippen LogP contribution in [0.2, 0.25) is 5.02 Å². The zero-order valence-corrected chi connectivity index (χ0v) is 12.3. The molecule has 0 radical (unpaired) electrons. The van der Waals surface area contributed by atoms with Gasteiger partial charge in [-0.3, -0.25) is 4.98 Å². The molecule has 0 saturated heterocycles. The van der Waals surface area contributed by atoms with E-state index in [-0.39, 0.29) is 6.04 Å². The summed E-state index contributed by atoms with van der Waals surface area (Å²) in [5.74, 6) is 0.686. The number of nitrogens with one attached hydrogen (secondary N) is 1. The van der Waals surface area contributed by atoms with Crippen molar-refractivity contribution in [3.8, 4) is 0 Å². The molecule has 1 aromatic carbocycles. The van der Waals surface area contributed by atoms with Gasteiger partial charge in [0.2, 0.25) is 5.95 Å². The van der Waals surface area contributed by atoms with Crippen LogP contribution in [-0.4, -0.2) is 19.7 Å². The van der Waals surface area contributed by atoms with Crippen LogP contribution in [0.15, 0.2) is 61.2 Å². The molecule has 5 nitrogen and oxygen atoms in total. The number of rotatable bonds is 2. The molecule has 0 aliphatic carbocycles. The molecular weight excluding hydrogens is 298 g/mol. The Morgan fingerprint density at radius 3 is 2.86 bits per heavy atom. The van der Waals surface area contributed by atoms with E-state index < -0.39 is 0 Å². The lowest BCUT2D eigenvalue weighted by molar-refractivity contribution is 0.612. The molecule has 0 bridgehead atoms. The second kappa shape index (κ2) is 5.27. The molecule has 3 heterocycles. The van der Waals surface area contributed by atoms with Crippen molar-refractivity contribution in [3.63, 3.8) is 0 Å². The average Bonchev–Trinajstić information content (AvgIpc) is 3.04. The van der Waals surface area contributed by atoms with Crippen LogP contribution >= 0.6 is 11.6 Å². The number of allylic oxidation sites excluding steroid dienone is 1. The molecule has 2 aromatic heterocycles. The summed E-state index contributed by atoms with van der Waals surface area (Å²) in [6, 6.07) is 11.6. The first-order valence-electron chi connectivity index (χ1n) is 6.86. The minimum absolute atomic E-state index is 0.109. The zero-order valence-electron chi connectivity index (χ0n) is 11.5. The van der Waals surface area contributed by atoms with Crippen molar-refractivity contribution in [1.82, 2.24) is 19.7 Å². The van der Waals surface area contributed by atoms with Gasteiger partial charge in [0.15, 0.2) is 0 Å². The Bertz CT molecular complexity index is 841. The summed E-state index contributed by atoms with van der Waals surface area (Å²) >= 11 is 6.36. The first-order chi connectivity index (χ1) is 10.8. The second-order valence-corrected chi connectivity index (χ2v) is 5.35. The highest BCUT2D eigenvalue weighted by atomic mass is 35.5. The smallest absolute Gasteiger partial charge is 0.226 e. The maximum Gasteiger partial charge on any atom is 0.226 e. The molecule has 1 N–H and O–H groups in total. The van der Waals surface area contributed by atoms with Crippen LogP contribution in [0.3, 0.4) is 0 Å². The van der Waals surface area contributed by atoms with Crippen molar-refractivity contribution >= 4 is 23.2 Å². The van der Waals surface area contributed by atoms with E-state index in [1.54, 1.807) is 6.20 Å². The highest BCUT2D eigenvalue weighted by Gasteiger charge is 2.24. The summed E-state index contributed by atoms with van der Waals surface area (Å²) in [6.45, 7) is 0. The quantitative estimate of drug-likeness (QED) is 0.788. The van der Waals surface area contributed by atoms with Crippen molar-refractivity contribution in [2.45, 2.75) is 6.04 Å². The molecule has 108 valence electrons. The van der Waals surface area contributed by atoms with E-state index in [1.807, 2.05) is 47.3 Å². The van der Waals surface area contributed by atoms with Gasteiger partial charge in [-0.1, -0.05) is 29.8 Å². The molecule has 4 rings (SSSR count). The van der Waals surface area contributed by atoms with Gasteiger partial charge in [-0.25, -0.2) is 4.68 Å². The van der Waals surface area contributed by atoms with Crippen LogP contribution in [0.5, 0.6) is 0 Å². The lowest BCUT2D eigenvalue weighted by Gasteiger charge is -2.24. The van der Waals surface area contributed by atoms with Crippen molar-refractivity contribution in [2.75, 3.05) is 5.32 Å². The molecule has 6 heteroatoms. The van der Waals surface area contributed by atoms with E-state index in [1.165, 1.54) is 6.33 Å². The Morgan fingerprint density at radius 2 is 2.05 bits per heavy atom. The van der Waals surface area contributed by atoms with Gasteiger partial charge in [-0.05, 0) is 29.8 Å². The number of halogens is 1. The van der Waals surface area contributed by atoms with E-state index in [9.17, 15) is 0 Å². The van der Waals surface area contributed by atoms with Crippen molar-refractivity contribution < 1.29 is 0 Å². The Hall–Kier alpha value is -2.66. The topological polar surface area (TPSA) is 55.6 Å². The minimum Gasteiger partial charge on any atom is -0.324 e. The summed E-state index contributed by atoms with van der Waals surface area (Å²) in [7, 11) is 0. The molecular formula is C16H12ClN5. The fourth-order valence-corrected chi connectivity index (χ4v) is 2.81. The predicted molar refractivity (Wildman–Crippen MR) is 85.4 cm³/mol. The monoisotopic (exact) mass is 309 g/mol. The number of hydrogen-bond acceptors (Lipinski definition) is 4. The van der Waals surface area contributed by atoms with E-state index >= 15 is 0 Å². The largest absolute Gasteiger partial charge is 0.324 e. The highest BCUT2D eigenvalue weighted by molar-refractivity contribution is 6.31. The van der Waals surface area contributed by atoms with Crippen LogP contribution in [0.25, 0.3) is 5.70 Å². The molecule has 3 aromatic rings. The van der Waals surface area contributed by atoms with Crippen molar-refractivity contribution in [2.24, 2.45) is 0 Å². The summed E-state index contributed by atoms with van der Waals surface area (Å²) in [4.78, 5) is 8.44. The Labute approximate surface area is 132 Å². The van der Waals surface area contributed by atoms with Gasteiger partial charge in [0.25, 0.3) is 0 Å². The van der Waals surface area contributed by atoms with Crippen molar-refractivity contribution in [1.29, 1.82) is 0 Å². The van der Waals surface area contributed by atoms with Crippen LogP contribution in [0.4, 0.5) is 5.95 Å². The SMILES string of the molecule is Clc1ccccc1C1C=C(c2cccnc2)Nc2ncnn21. The second-order valence-electron chi connectivity index (χ2n) is 4.94. The minimum atomic E-state index is -0.109. The maximum atomic E-state index is 6.36. The fraction of sp³-hybridized carbons (Fsp3) is 0.0625. The third-order valence-corrected chi connectivity index (χ3v) is 3.95. The third-order valence-electron chi connectivity index (χ3n) is 3.60. The summed E-state index contributed by atoms with van der Waals surface area (Å²) in [5, 5.41) is 8.29. The molecule has 1 unspecified atom stereocenters. The highest BCUT2D eigenvalue weighted by Crippen LogP contribution is 2.34. The van der Waals surface area contributed by atoms with E-state index in [4.69, 9.17) is 11.6 Å². The van der Waals surface area contributed by atoms with Crippen molar-refractivity contribution in [3.05, 3.63) is 77.3 Å². The number of benzene rings is 1. The summed E-state index contributed by atoms with van der Waals surface area (Å²) in [6.07, 6.45) is 7.18. The van der Waals surface area contributed by atoms with Crippen LogP contribution in [0.1, 0.15) is 17.2 Å². The molecule has 1 aliphatic heterocycles. The number of hydrogen-bond donors (Lipinski definition) is 1. The zero-order chi connectivity index (χ0) is 14.9. The van der Waals surface area contributed by atoms with Gasteiger partial charge in [-0.2, -0.15) is 10.1 Å². The number of aromatic nitrogens is 4. The normalized spacial score (nSPS) is 16.6. The predicted octanol–water partition coefficient (Wildman–Crippen LogP) is 3.38. The fourth-order valence-electron chi connectivity index (χ4n) is 2.56. The van der Waals surface area contributed by atoms with E-state index in [0.717, 1.165) is 16.8 Å².